The lowest BCUT2D eigenvalue weighted by Crippen LogP contribution is -2.37. The molecule has 0 radical (unpaired) electrons. The first kappa shape index (κ1) is 49.5. The molecule has 0 bridgehead atoms. The van der Waals surface area contributed by atoms with Crippen molar-refractivity contribution in [2.45, 2.75) is 136 Å². The summed E-state index contributed by atoms with van der Waals surface area (Å²) in [6, 6.07) is 0. The number of unbranched alkanes of at least 4 members (excludes halogenated alkanes) is 8. The van der Waals surface area contributed by atoms with Crippen molar-refractivity contribution < 1.29 is 42.1 Å². The normalized spacial score (nSPS) is 14.5. The van der Waals surface area contributed by atoms with Crippen LogP contribution >= 0.6 is 7.82 Å². The molecule has 0 aromatic carbocycles. The molecule has 2 atom stereocenters. The first-order valence-electron chi connectivity index (χ1n) is 19.7. The van der Waals surface area contributed by atoms with E-state index in [2.05, 4.69) is 74.6 Å². The summed E-state index contributed by atoms with van der Waals surface area (Å²) in [7, 11) is 1.43. The van der Waals surface area contributed by atoms with Crippen LogP contribution < -0.4 is 0 Å². The highest BCUT2D eigenvalue weighted by molar-refractivity contribution is 7.47. The Hall–Kier alpha value is -2.55. The van der Waals surface area contributed by atoms with Gasteiger partial charge in [-0.2, -0.15) is 0 Å². The number of likely N-dealkylation sites (N-methyl/N-ethyl adjacent to an activating group) is 1. The number of esters is 2. The number of hydrogen-bond acceptors (Lipinski definition) is 7. The zero-order valence-corrected chi connectivity index (χ0v) is 34.2. The second kappa shape index (κ2) is 34.2. The molecule has 0 fully saturated rings. The van der Waals surface area contributed by atoms with Crippen molar-refractivity contribution in [1.82, 2.24) is 0 Å². The van der Waals surface area contributed by atoms with Gasteiger partial charge in [0.25, 0.3) is 0 Å². The van der Waals surface area contributed by atoms with Gasteiger partial charge < -0.3 is 18.9 Å². The molecule has 0 spiro atoms. The van der Waals surface area contributed by atoms with Crippen LogP contribution in [-0.4, -0.2) is 74.9 Å². The van der Waals surface area contributed by atoms with Crippen LogP contribution in [0.25, 0.3) is 0 Å². The smallest absolute Gasteiger partial charge is 0.462 e. The number of phosphoric ester groups is 1. The molecule has 0 aliphatic carbocycles. The lowest BCUT2D eigenvalue weighted by Gasteiger charge is -2.24. The summed E-state index contributed by atoms with van der Waals surface area (Å²) in [4.78, 5) is 35.1. The summed E-state index contributed by atoms with van der Waals surface area (Å²) in [6.07, 6.45) is 41.2. The quantitative estimate of drug-likeness (QED) is 0.0228. The Morgan fingerprint density at radius 1 is 0.615 bits per heavy atom. The predicted molar refractivity (Wildman–Crippen MR) is 215 cm³/mol. The molecule has 1 N–H and O–H groups in total. The van der Waals surface area contributed by atoms with Crippen molar-refractivity contribution in [2.24, 2.45) is 0 Å². The molecule has 0 heterocycles. The molecular formula is C42H73NO8P+. The molecule has 0 aromatic heterocycles. The third kappa shape index (κ3) is 37.2. The minimum atomic E-state index is -4.38. The van der Waals surface area contributed by atoms with E-state index in [-0.39, 0.29) is 26.1 Å². The lowest BCUT2D eigenvalue weighted by atomic mass is 10.1. The van der Waals surface area contributed by atoms with Crippen LogP contribution in [0.4, 0.5) is 0 Å². The molecule has 0 amide bonds. The Bertz CT molecular complexity index is 1120. The maximum Gasteiger partial charge on any atom is 0.472 e. The van der Waals surface area contributed by atoms with Crippen molar-refractivity contribution in [3.05, 3.63) is 72.9 Å². The predicted octanol–water partition coefficient (Wildman–Crippen LogP) is 10.7. The third-order valence-corrected chi connectivity index (χ3v) is 8.75. The zero-order chi connectivity index (χ0) is 38.6. The molecule has 0 aliphatic rings. The number of carbonyl (C=O) groups excluding carboxylic acids is 2. The van der Waals surface area contributed by atoms with E-state index in [1.807, 2.05) is 33.3 Å². The minimum absolute atomic E-state index is 0.0178. The monoisotopic (exact) mass is 751 g/mol. The largest absolute Gasteiger partial charge is 0.472 e. The third-order valence-electron chi connectivity index (χ3n) is 7.76. The fraction of sp³-hybridized carbons (Fsp3) is 0.667. The van der Waals surface area contributed by atoms with E-state index in [1.54, 1.807) is 0 Å². The molecular weight excluding hydrogens is 677 g/mol. The highest BCUT2D eigenvalue weighted by Crippen LogP contribution is 2.43. The highest BCUT2D eigenvalue weighted by Gasteiger charge is 2.27. The van der Waals surface area contributed by atoms with E-state index in [9.17, 15) is 19.0 Å². The topological polar surface area (TPSA) is 108 Å². The highest BCUT2D eigenvalue weighted by atomic mass is 31.2. The minimum Gasteiger partial charge on any atom is -0.462 e. The number of nitrogens with zero attached hydrogens (tertiary/aromatic N) is 1. The van der Waals surface area contributed by atoms with E-state index in [4.69, 9.17) is 18.5 Å². The molecule has 9 nitrogen and oxygen atoms in total. The van der Waals surface area contributed by atoms with Crippen molar-refractivity contribution >= 4 is 19.8 Å². The Labute approximate surface area is 317 Å². The van der Waals surface area contributed by atoms with Gasteiger partial charge in [-0.15, -0.1) is 0 Å². The van der Waals surface area contributed by atoms with Gasteiger partial charge in [0.1, 0.15) is 19.8 Å². The maximum atomic E-state index is 12.6. The number of allylic oxidation sites excluding steroid dienone is 12. The summed E-state index contributed by atoms with van der Waals surface area (Å²) in [5.74, 6) is -0.907. The van der Waals surface area contributed by atoms with Crippen LogP contribution in [0.15, 0.2) is 72.9 Å². The summed E-state index contributed by atoms with van der Waals surface area (Å²) in [6.45, 7) is 4.16. The molecule has 52 heavy (non-hydrogen) atoms. The average molecular weight is 751 g/mol. The first-order chi connectivity index (χ1) is 25.0. The molecule has 0 aromatic rings. The standard InChI is InChI=1S/C42H72NO8P/c1-6-8-10-12-14-16-17-18-19-20-21-22-23-24-25-27-28-30-32-34-41(44)48-38-40(39-50-52(46,47)49-37-36-43(3,4)5)51-42(45)35-33-31-29-26-15-13-11-9-7-2/h8,10,14,16,18-19,21-22,24-25,28,30,40H,6-7,9,11-13,15,17,20,23,26-27,29,31-39H2,1-5H3/p+1/b10-8+,16-14+,19-18+,22-21+,25-24+,30-28+/t40-/m0/s1. The Kier molecular flexibility index (Phi) is 32.6. The van der Waals surface area contributed by atoms with Crippen LogP contribution in [0, 0.1) is 0 Å². The van der Waals surface area contributed by atoms with E-state index in [0.717, 1.165) is 57.8 Å². The van der Waals surface area contributed by atoms with E-state index in [1.165, 1.54) is 32.1 Å². The SMILES string of the molecule is CC/C=C/C/C=C/C/C=C/C/C=C/C/C=C/C/C=C/CCC(=O)OC[C@@H](COP(=O)(O)OCC[N+](C)(C)C)OC(=O)CCCCCCCCCCC. The number of ether oxygens (including phenoxy) is 2. The van der Waals surface area contributed by atoms with Gasteiger partial charge in [0.05, 0.1) is 27.7 Å². The van der Waals surface area contributed by atoms with Gasteiger partial charge in [-0.3, -0.25) is 18.6 Å². The summed E-state index contributed by atoms with van der Waals surface area (Å²) in [5, 5.41) is 0. The molecule has 0 rings (SSSR count). The molecule has 298 valence electrons. The van der Waals surface area contributed by atoms with Crippen LogP contribution in [0.1, 0.15) is 129 Å². The number of rotatable bonds is 34. The van der Waals surface area contributed by atoms with Crippen molar-refractivity contribution in [1.29, 1.82) is 0 Å². The second-order valence-electron chi connectivity index (χ2n) is 13.9. The Balaban J connectivity index is 4.51. The number of quaternary nitrogens is 1. The Morgan fingerprint density at radius 3 is 1.60 bits per heavy atom. The fourth-order valence-corrected chi connectivity index (χ4v) is 5.43. The van der Waals surface area contributed by atoms with Crippen LogP contribution in [0.2, 0.25) is 0 Å². The van der Waals surface area contributed by atoms with E-state index < -0.39 is 32.5 Å². The van der Waals surface area contributed by atoms with E-state index in [0.29, 0.717) is 23.9 Å². The molecule has 0 saturated heterocycles. The maximum absolute atomic E-state index is 12.6. The first-order valence-corrected chi connectivity index (χ1v) is 21.2. The van der Waals surface area contributed by atoms with Gasteiger partial charge in [-0.25, -0.2) is 4.57 Å². The number of phosphoric acid groups is 1. The molecule has 10 heteroatoms. The average Bonchev–Trinajstić information content (AvgIpc) is 3.09. The van der Waals surface area contributed by atoms with Gasteiger partial charge in [-0.1, -0.05) is 138 Å². The van der Waals surface area contributed by atoms with E-state index >= 15 is 0 Å². The van der Waals surface area contributed by atoms with Gasteiger partial charge in [0.2, 0.25) is 0 Å². The van der Waals surface area contributed by atoms with Gasteiger partial charge in [0, 0.05) is 12.8 Å². The summed E-state index contributed by atoms with van der Waals surface area (Å²) < 4.78 is 34.0. The van der Waals surface area contributed by atoms with Crippen molar-refractivity contribution in [2.75, 3.05) is 47.5 Å². The summed E-state index contributed by atoms with van der Waals surface area (Å²) >= 11 is 0. The van der Waals surface area contributed by atoms with Gasteiger partial charge in [0.15, 0.2) is 6.10 Å². The van der Waals surface area contributed by atoms with Crippen LogP contribution in [0.5, 0.6) is 0 Å². The fourth-order valence-electron chi connectivity index (χ4n) is 4.68. The lowest BCUT2D eigenvalue weighted by molar-refractivity contribution is -0.870. The summed E-state index contributed by atoms with van der Waals surface area (Å²) in [5.41, 5.74) is 0. The molecule has 1 unspecified atom stereocenters. The van der Waals surface area contributed by atoms with Gasteiger partial charge in [-0.05, 0) is 51.4 Å². The Morgan fingerprint density at radius 2 is 1.10 bits per heavy atom. The van der Waals surface area contributed by atoms with Crippen LogP contribution in [-0.2, 0) is 32.7 Å². The van der Waals surface area contributed by atoms with Crippen molar-refractivity contribution in [3.63, 3.8) is 0 Å². The second-order valence-corrected chi connectivity index (χ2v) is 15.4. The van der Waals surface area contributed by atoms with Crippen LogP contribution in [0.3, 0.4) is 0 Å². The zero-order valence-electron chi connectivity index (χ0n) is 33.3. The molecule has 0 aliphatic heterocycles. The van der Waals surface area contributed by atoms with Crippen molar-refractivity contribution in [3.8, 4) is 0 Å². The van der Waals surface area contributed by atoms with Gasteiger partial charge >= 0.3 is 19.8 Å². The number of carbonyl (C=O) groups is 2. The molecule has 0 saturated carbocycles. The number of hydrogen-bond donors (Lipinski definition) is 1.